The summed E-state index contributed by atoms with van der Waals surface area (Å²) in [7, 11) is 0. The number of ketones is 1. The Morgan fingerprint density at radius 3 is 2.42 bits per heavy atom. The van der Waals surface area contributed by atoms with Crippen LogP contribution in [0.2, 0.25) is 0 Å². The van der Waals surface area contributed by atoms with Crippen molar-refractivity contribution < 1.29 is 14.0 Å². The molecule has 0 unspecified atom stereocenters. The van der Waals surface area contributed by atoms with E-state index in [-0.39, 0.29) is 29.5 Å². The van der Waals surface area contributed by atoms with Gasteiger partial charge in [-0.2, -0.15) is 0 Å². The molecular weight excluding hydrogens is 307 g/mol. The predicted octanol–water partition coefficient (Wildman–Crippen LogP) is 2.73. The minimum absolute atomic E-state index is 0.0560. The van der Waals surface area contributed by atoms with Crippen LogP contribution in [0, 0.1) is 11.7 Å². The van der Waals surface area contributed by atoms with E-state index in [1.54, 1.807) is 12.1 Å². The number of likely N-dealkylation sites (tertiary alicyclic amines) is 2. The van der Waals surface area contributed by atoms with Crippen molar-refractivity contribution in [2.75, 3.05) is 26.2 Å². The number of carbonyl (C=O) groups is 2. The number of carbonyl (C=O) groups excluding carboxylic acids is 2. The van der Waals surface area contributed by atoms with Crippen molar-refractivity contribution in [1.29, 1.82) is 0 Å². The fourth-order valence-corrected chi connectivity index (χ4v) is 3.78. The maximum Gasteiger partial charge on any atom is 0.239 e. The Bertz CT molecular complexity index is 596. The van der Waals surface area contributed by atoms with Crippen molar-refractivity contribution >= 4 is 11.7 Å². The molecule has 0 aliphatic carbocycles. The van der Waals surface area contributed by atoms with E-state index < -0.39 is 0 Å². The van der Waals surface area contributed by atoms with Crippen molar-refractivity contribution in [3.8, 4) is 0 Å². The zero-order chi connectivity index (χ0) is 17.1. The van der Waals surface area contributed by atoms with E-state index in [0.717, 1.165) is 45.3 Å². The van der Waals surface area contributed by atoms with Crippen LogP contribution in [0.25, 0.3) is 0 Å². The van der Waals surface area contributed by atoms with Gasteiger partial charge in [0.15, 0.2) is 5.78 Å². The number of hydrogen-bond donors (Lipinski definition) is 0. The van der Waals surface area contributed by atoms with Crippen LogP contribution in [0.5, 0.6) is 0 Å². The van der Waals surface area contributed by atoms with Crippen LogP contribution in [0.1, 0.15) is 43.0 Å². The lowest BCUT2D eigenvalue weighted by molar-refractivity contribution is -0.135. The third-order valence-corrected chi connectivity index (χ3v) is 5.28. The second-order valence-electron chi connectivity index (χ2n) is 6.91. The second-order valence-corrected chi connectivity index (χ2v) is 6.91. The fraction of sp³-hybridized carbons (Fsp3) is 0.579. The molecule has 0 saturated carbocycles. The average molecular weight is 332 g/mol. The molecule has 2 saturated heterocycles. The third-order valence-electron chi connectivity index (χ3n) is 5.28. The molecule has 0 bridgehead atoms. The van der Waals surface area contributed by atoms with Gasteiger partial charge < -0.3 is 4.90 Å². The molecule has 0 aromatic heterocycles. The number of halogens is 1. The van der Waals surface area contributed by atoms with E-state index in [0.29, 0.717) is 12.1 Å². The molecule has 130 valence electrons. The van der Waals surface area contributed by atoms with Crippen LogP contribution in [-0.2, 0) is 4.79 Å². The smallest absolute Gasteiger partial charge is 0.239 e. The molecule has 1 aromatic rings. The van der Waals surface area contributed by atoms with Crippen LogP contribution < -0.4 is 0 Å². The Kier molecular flexibility index (Phi) is 5.29. The monoisotopic (exact) mass is 332 g/mol. The minimum atomic E-state index is -0.332. The summed E-state index contributed by atoms with van der Waals surface area (Å²) in [6.07, 6.45) is 3.92. The summed E-state index contributed by atoms with van der Waals surface area (Å²) in [6, 6.07) is 5.58. The highest BCUT2D eigenvalue weighted by atomic mass is 19.1. The molecule has 0 spiro atoms. The lowest BCUT2D eigenvalue weighted by Gasteiger charge is -2.36. The number of benzene rings is 1. The Hall–Kier alpha value is -1.75. The topological polar surface area (TPSA) is 40.6 Å². The van der Waals surface area contributed by atoms with Crippen molar-refractivity contribution in [2.45, 2.75) is 38.6 Å². The predicted molar refractivity (Wildman–Crippen MR) is 90.3 cm³/mol. The molecule has 4 nitrogen and oxygen atoms in total. The van der Waals surface area contributed by atoms with Crippen molar-refractivity contribution in [1.82, 2.24) is 9.80 Å². The van der Waals surface area contributed by atoms with Gasteiger partial charge in [0, 0.05) is 31.1 Å². The molecule has 0 N–H and O–H groups in total. The average Bonchev–Trinajstić information content (AvgIpc) is 3.15. The molecule has 2 aliphatic heterocycles. The zero-order valence-corrected chi connectivity index (χ0v) is 14.2. The molecule has 3 rings (SSSR count). The SMILES string of the molecule is C[C@@H](C(=O)N1CCCC1)N1CCC[C@H](C(=O)c2ccc(F)cc2)C1. The Balaban J connectivity index is 1.64. The first-order chi connectivity index (χ1) is 11.6. The maximum absolute atomic E-state index is 13.0. The van der Waals surface area contributed by atoms with Gasteiger partial charge in [0.2, 0.25) is 5.91 Å². The first-order valence-corrected chi connectivity index (χ1v) is 8.89. The fourth-order valence-electron chi connectivity index (χ4n) is 3.78. The molecule has 2 fully saturated rings. The van der Waals surface area contributed by atoms with Crippen LogP contribution in [-0.4, -0.2) is 53.7 Å². The van der Waals surface area contributed by atoms with E-state index >= 15 is 0 Å². The Labute approximate surface area is 142 Å². The van der Waals surface area contributed by atoms with Gasteiger partial charge in [0.1, 0.15) is 5.82 Å². The first-order valence-electron chi connectivity index (χ1n) is 8.89. The van der Waals surface area contributed by atoms with E-state index in [1.165, 1.54) is 12.1 Å². The highest BCUT2D eigenvalue weighted by molar-refractivity contribution is 5.98. The first kappa shape index (κ1) is 17.1. The van der Waals surface area contributed by atoms with Gasteiger partial charge in [0.05, 0.1) is 6.04 Å². The van der Waals surface area contributed by atoms with Crippen LogP contribution in [0.15, 0.2) is 24.3 Å². The van der Waals surface area contributed by atoms with Gasteiger partial charge in [-0.25, -0.2) is 4.39 Å². The Morgan fingerprint density at radius 1 is 1.08 bits per heavy atom. The summed E-state index contributed by atoms with van der Waals surface area (Å²) in [6.45, 7) is 5.13. The van der Waals surface area contributed by atoms with Crippen LogP contribution in [0.3, 0.4) is 0 Å². The molecule has 1 amide bonds. The van der Waals surface area contributed by atoms with Gasteiger partial charge in [0.25, 0.3) is 0 Å². The summed E-state index contributed by atoms with van der Waals surface area (Å²) in [4.78, 5) is 29.3. The van der Waals surface area contributed by atoms with E-state index in [9.17, 15) is 14.0 Å². The van der Waals surface area contributed by atoms with Gasteiger partial charge in [-0.15, -0.1) is 0 Å². The third kappa shape index (κ3) is 3.66. The number of nitrogens with zero attached hydrogens (tertiary/aromatic N) is 2. The Morgan fingerprint density at radius 2 is 1.75 bits per heavy atom. The van der Waals surface area contributed by atoms with Gasteiger partial charge in [-0.3, -0.25) is 14.5 Å². The molecule has 2 heterocycles. The molecule has 24 heavy (non-hydrogen) atoms. The number of amides is 1. The van der Waals surface area contributed by atoms with Crippen LogP contribution in [0.4, 0.5) is 4.39 Å². The van der Waals surface area contributed by atoms with Crippen LogP contribution >= 0.6 is 0 Å². The maximum atomic E-state index is 13.0. The highest BCUT2D eigenvalue weighted by Crippen LogP contribution is 2.24. The molecular formula is C19H25FN2O2. The molecule has 0 radical (unpaired) electrons. The quantitative estimate of drug-likeness (QED) is 0.796. The van der Waals surface area contributed by atoms with E-state index in [4.69, 9.17) is 0 Å². The molecule has 5 heteroatoms. The van der Waals surface area contributed by atoms with E-state index in [2.05, 4.69) is 4.90 Å². The van der Waals surface area contributed by atoms with Crippen molar-refractivity contribution in [2.24, 2.45) is 5.92 Å². The standard InChI is InChI=1S/C19H25FN2O2/c1-14(19(24)21-10-2-3-11-21)22-12-4-5-16(13-22)18(23)15-6-8-17(20)9-7-15/h6-9,14,16H,2-5,10-13H2,1H3/t14-,16-/m0/s1. The van der Waals surface area contributed by atoms with Crippen molar-refractivity contribution in [3.05, 3.63) is 35.6 Å². The largest absolute Gasteiger partial charge is 0.341 e. The normalized spacial score (nSPS) is 23.2. The molecule has 2 aliphatic rings. The zero-order valence-electron chi connectivity index (χ0n) is 14.2. The summed E-state index contributed by atoms with van der Waals surface area (Å²) < 4.78 is 13.0. The van der Waals surface area contributed by atoms with E-state index in [1.807, 2.05) is 11.8 Å². The summed E-state index contributed by atoms with van der Waals surface area (Å²) in [5, 5.41) is 0. The summed E-state index contributed by atoms with van der Waals surface area (Å²) in [5.74, 6) is -0.206. The number of hydrogen-bond acceptors (Lipinski definition) is 3. The number of piperidine rings is 1. The summed E-state index contributed by atoms with van der Waals surface area (Å²) >= 11 is 0. The highest BCUT2D eigenvalue weighted by Gasteiger charge is 2.33. The van der Waals surface area contributed by atoms with Gasteiger partial charge in [-0.05, 0) is 63.4 Å². The lowest BCUT2D eigenvalue weighted by atomic mass is 9.89. The lowest BCUT2D eigenvalue weighted by Crippen LogP contribution is -2.50. The minimum Gasteiger partial charge on any atom is -0.341 e. The molecule has 1 aromatic carbocycles. The second kappa shape index (κ2) is 7.43. The van der Waals surface area contributed by atoms with Crippen molar-refractivity contribution in [3.63, 3.8) is 0 Å². The van der Waals surface area contributed by atoms with Gasteiger partial charge >= 0.3 is 0 Å². The summed E-state index contributed by atoms with van der Waals surface area (Å²) in [5.41, 5.74) is 0.557. The van der Waals surface area contributed by atoms with Gasteiger partial charge in [-0.1, -0.05) is 0 Å². The number of Topliss-reactive ketones (excluding diaryl/α,β-unsaturated/α-hetero) is 1. The molecule has 2 atom stereocenters. The number of rotatable bonds is 4.